The van der Waals surface area contributed by atoms with Gasteiger partial charge in [0.1, 0.15) is 0 Å². The summed E-state index contributed by atoms with van der Waals surface area (Å²) in [5.41, 5.74) is 5.36. The Kier molecular flexibility index (Phi) is 2.87. The van der Waals surface area contributed by atoms with E-state index in [2.05, 4.69) is 17.5 Å². The van der Waals surface area contributed by atoms with E-state index in [-0.39, 0.29) is 17.0 Å². The summed E-state index contributed by atoms with van der Waals surface area (Å²) >= 11 is 0. The Hall–Kier alpha value is -0.390. The zero-order chi connectivity index (χ0) is 10.9. The van der Waals surface area contributed by atoms with Crippen LogP contribution in [0.3, 0.4) is 0 Å². The van der Waals surface area contributed by atoms with Crippen LogP contribution in [0.2, 0.25) is 0 Å². The average molecular weight is 230 g/mol. The summed E-state index contributed by atoms with van der Waals surface area (Å²) in [6.07, 6.45) is 6.89. The molecule has 2 rings (SSSR count). The van der Waals surface area contributed by atoms with Crippen molar-refractivity contribution in [2.45, 2.75) is 30.8 Å². The monoisotopic (exact) mass is 230 g/mol. The lowest BCUT2D eigenvalue weighted by Crippen LogP contribution is -2.55. The summed E-state index contributed by atoms with van der Waals surface area (Å²) in [5, 5.41) is 3.43. The average Bonchev–Trinajstić information content (AvgIpc) is 2.75. The normalized spacial score (nSPS) is 35.0. The minimum absolute atomic E-state index is 0.201. The van der Waals surface area contributed by atoms with Crippen molar-refractivity contribution >= 4 is 9.84 Å². The third-order valence-corrected chi connectivity index (χ3v) is 5.12. The number of hydrogen-bond donors (Lipinski definition) is 2. The SMILES string of the molecule is NCC1(NC2CC=CC2)CCS(=O)(=O)C1. The number of hydrogen-bond acceptors (Lipinski definition) is 4. The molecular formula is C10H18N2O2S. The highest BCUT2D eigenvalue weighted by Gasteiger charge is 2.42. The molecule has 15 heavy (non-hydrogen) atoms. The zero-order valence-electron chi connectivity index (χ0n) is 8.78. The molecule has 5 heteroatoms. The molecule has 0 saturated carbocycles. The maximum absolute atomic E-state index is 11.5. The first-order chi connectivity index (χ1) is 7.05. The van der Waals surface area contributed by atoms with Crippen LogP contribution in [0.4, 0.5) is 0 Å². The molecule has 1 fully saturated rings. The Morgan fingerprint density at radius 2 is 2.07 bits per heavy atom. The van der Waals surface area contributed by atoms with Gasteiger partial charge in [0.05, 0.1) is 11.5 Å². The van der Waals surface area contributed by atoms with Crippen molar-refractivity contribution in [1.29, 1.82) is 0 Å². The molecule has 1 unspecified atom stereocenters. The Balaban J connectivity index is 2.03. The van der Waals surface area contributed by atoms with Crippen molar-refractivity contribution < 1.29 is 8.42 Å². The van der Waals surface area contributed by atoms with Crippen molar-refractivity contribution in [3.05, 3.63) is 12.2 Å². The first kappa shape index (κ1) is 11.1. The van der Waals surface area contributed by atoms with E-state index in [1.165, 1.54) is 0 Å². The summed E-state index contributed by atoms with van der Waals surface area (Å²) in [7, 11) is -2.87. The van der Waals surface area contributed by atoms with Gasteiger partial charge in [-0.05, 0) is 19.3 Å². The van der Waals surface area contributed by atoms with Gasteiger partial charge in [-0.1, -0.05) is 12.2 Å². The maximum Gasteiger partial charge on any atom is 0.152 e. The molecule has 1 atom stereocenters. The lowest BCUT2D eigenvalue weighted by Gasteiger charge is -2.31. The molecule has 0 amide bonds. The van der Waals surface area contributed by atoms with E-state index in [9.17, 15) is 8.42 Å². The standard InChI is InChI=1S/C10H18N2O2S/c11-7-10(5-6-15(13,14)8-10)12-9-3-1-2-4-9/h1-2,9,12H,3-8,11H2. The van der Waals surface area contributed by atoms with E-state index in [0.29, 0.717) is 19.0 Å². The van der Waals surface area contributed by atoms with Crippen LogP contribution in [0, 0.1) is 0 Å². The van der Waals surface area contributed by atoms with Gasteiger partial charge >= 0.3 is 0 Å². The van der Waals surface area contributed by atoms with E-state index in [1.54, 1.807) is 0 Å². The van der Waals surface area contributed by atoms with Crippen molar-refractivity contribution in [1.82, 2.24) is 5.32 Å². The van der Waals surface area contributed by atoms with Gasteiger partial charge in [0.15, 0.2) is 9.84 Å². The van der Waals surface area contributed by atoms with E-state index >= 15 is 0 Å². The predicted molar refractivity (Wildman–Crippen MR) is 60.4 cm³/mol. The molecule has 0 radical (unpaired) electrons. The quantitative estimate of drug-likeness (QED) is 0.659. The fourth-order valence-corrected chi connectivity index (χ4v) is 4.45. The molecule has 0 aromatic rings. The third-order valence-electron chi connectivity index (χ3n) is 3.30. The minimum atomic E-state index is -2.87. The third kappa shape index (κ3) is 2.41. The van der Waals surface area contributed by atoms with Gasteiger partial charge in [-0.2, -0.15) is 0 Å². The zero-order valence-corrected chi connectivity index (χ0v) is 9.59. The first-order valence-electron chi connectivity index (χ1n) is 5.38. The number of rotatable bonds is 3. The molecule has 1 heterocycles. The van der Waals surface area contributed by atoms with Gasteiger partial charge in [-0.15, -0.1) is 0 Å². The Labute approximate surface area is 90.8 Å². The van der Waals surface area contributed by atoms with Crippen molar-refractivity contribution in [3.63, 3.8) is 0 Å². The summed E-state index contributed by atoms with van der Waals surface area (Å²) in [5.74, 6) is 0.477. The second-order valence-electron chi connectivity index (χ2n) is 4.61. The fourth-order valence-electron chi connectivity index (χ4n) is 2.42. The molecule has 0 spiro atoms. The van der Waals surface area contributed by atoms with Gasteiger partial charge in [-0.3, -0.25) is 0 Å². The van der Waals surface area contributed by atoms with Crippen molar-refractivity contribution in [2.24, 2.45) is 5.73 Å². The second kappa shape index (κ2) is 3.88. The van der Waals surface area contributed by atoms with E-state index in [1.807, 2.05) is 0 Å². The summed E-state index contributed by atoms with van der Waals surface area (Å²) < 4.78 is 22.9. The number of nitrogens with one attached hydrogen (secondary N) is 1. The topological polar surface area (TPSA) is 72.2 Å². The maximum atomic E-state index is 11.5. The molecule has 1 aliphatic heterocycles. The van der Waals surface area contributed by atoms with Crippen LogP contribution in [0.15, 0.2) is 12.2 Å². The molecule has 3 N–H and O–H groups in total. The van der Waals surface area contributed by atoms with Gasteiger partial charge in [-0.25, -0.2) is 8.42 Å². The Morgan fingerprint density at radius 1 is 1.40 bits per heavy atom. The first-order valence-corrected chi connectivity index (χ1v) is 7.21. The second-order valence-corrected chi connectivity index (χ2v) is 6.79. The minimum Gasteiger partial charge on any atom is -0.329 e. The van der Waals surface area contributed by atoms with Crippen LogP contribution in [0.1, 0.15) is 19.3 Å². The molecule has 1 aliphatic carbocycles. The molecule has 1 saturated heterocycles. The van der Waals surface area contributed by atoms with E-state index in [0.717, 1.165) is 12.8 Å². The van der Waals surface area contributed by atoms with Gasteiger partial charge in [0, 0.05) is 18.1 Å². The largest absolute Gasteiger partial charge is 0.329 e. The molecule has 86 valence electrons. The Bertz CT molecular complexity index is 356. The smallest absolute Gasteiger partial charge is 0.152 e. The summed E-state index contributed by atoms with van der Waals surface area (Å²) in [4.78, 5) is 0. The van der Waals surface area contributed by atoms with Crippen LogP contribution in [0.5, 0.6) is 0 Å². The van der Waals surface area contributed by atoms with Crippen LogP contribution in [-0.2, 0) is 9.84 Å². The highest BCUT2D eigenvalue weighted by atomic mass is 32.2. The molecule has 4 nitrogen and oxygen atoms in total. The molecular weight excluding hydrogens is 212 g/mol. The van der Waals surface area contributed by atoms with Crippen LogP contribution >= 0.6 is 0 Å². The van der Waals surface area contributed by atoms with E-state index in [4.69, 9.17) is 5.73 Å². The number of nitrogens with two attached hydrogens (primary N) is 1. The number of sulfone groups is 1. The van der Waals surface area contributed by atoms with E-state index < -0.39 is 9.84 Å². The van der Waals surface area contributed by atoms with Crippen LogP contribution in [0.25, 0.3) is 0 Å². The fraction of sp³-hybridized carbons (Fsp3) is 0.800. The van der Waals surface area contributed by atoms with Gasteiger partial charge < -0.3 is 11.1 Å². The lowest BCUT2D eigenvalue weighted by atomic mass is 9.97. The van der Waals surface area contributed by atoms with Crippen molar-refractivity contribution in [3.8, 4) is 0 Å². The Morgan fingerprint density at radius 3 is 2.53 bits per heavy atom. The van der Waals surface area contributed by atoms with Crippen LogP contribution < -0.4 is 11.1 Å². The highest BCUT2D eigenvalue weighted by molar-refractivity contribution is 7.91. The molecule has 0 bridgehead atoms. The summed E-state index contributed by atoms with van der Waals surface area (Å²) in [6.45, 7) is 0.405. The van der Waals surface area contributed by atoms with Crippen LogP contribution in [-0.4, -0.2) is 38.0 Å². The summed E-state index contributed by atoms with van der Waals surface area (Å²) in [6, 6.07) is 0.377. The molecule has 2 aliphatic rings. The highest BCUT2D eigenvalue weighted by Crippen LogP contribution is 2.25. The van der Waals surface area contributed by atoms with Crippen molar-refractivity contribution in [2.75, 3.05) is 18.1 Å². The molecule has 0 aromatic heterocycles. The lowest BCUT2D eigenvalue weighted by molar-refractivity contribution is 0.326. The molecule has 0 aromatic carbocycles. The van der Waals surface area contributed by atoms with Gasteiger partial charge in [0.25, 0.3) is 0 Å². The van der Waals surface area contributed by atoms with Gasteiger partial charge in [0.2, 0.25) is 0 Å². The predicted octanol–water partition coefficient (Wildman–Crippen LogP) is -0.189.